The van der Waals surface area contributed by atoms with Crippen molar-refractivity contribution in [3.8, 4) is 0 Å². The first kappa shape index (κ1) is 11.3. The molecular formula is C9H11Cl2N2O+. The van der Waals surface area contributed by atoms with Crippen LogP contribution in [0.2, 0.25) is 0 Å². The lowest BCUT2D eigenvalue weighted by Crippen LogP contribution is -2.42. The molecule has 0 aliphatic rings. The number of alkyl halides is 2. The molecule has 0 aliphatic heterocycles. The maximum Gasteiger partial charge on any atom is 0.275 e. The number of halogens is 2. The molecule has 1 heterocycles. The molecule has 0 unspecified atom stereocenters. The predicted molar refractivity (Wildman–Crippen MR) is 56.3 cm³/mol. The lowest BCUT2D eigenvalue weighted by molar-refractivity contribution is -0.670. The number of carbonyl (C=O) groups is 1. The second-order valence-corrected chi connectivity index (χ2v) is 4.07. The first-order valence-electron chi connectivity index (χ1n) is 4.07. The number of anilines is 1. The van der Waals surface area contributed by atoms with Gasteiger partial charge in [0.2, 0.25) is 5.78 Å². The summed E-state index contributed by atoms with van der Waals surface area (Å²) in [6.45, 7) is 1.97. The van der Waals surface area contributed by atoms with Gasteiger partial charge in [-0.1, -0.05) is 23.2 Å². The van der Waals surface area contributed by atoms with Crippen LogP contribution in [0.1, 0.15) is 5.56 Å². The molecule has 1 rings (SSSR count). The Morgan fingerprint density at radius 3 is 2.86 bits per heavy atom. The number of nitrogens with zero attached hydrogens (tertiary/aromatic N) is 1. The van der Waals surface area contributed by atoms with Gasteiger partial charge in [-0.2, -0.15) is 0 Å². The first-order chi connectivity index (χ1) is 6.52. The van der Waals surface area contributed by atoms with E-state index in [4.69, 9.17) is 28.9 Å². The third-order valence-electron chi connectivity index (χ3n) is 1.90. The average Bonchev–Trinajstić information content (AvgIpc) is 2.12. The van der Waals surface area contributed by atoms with Gasteiger partial charge in [-0.15, -0.1) is 0 Å². The van der Waals surface area contributed by atoms with Crippen LogP contribution in [-0.2, 0) is 11.3 Å². The standard InChI is InChI=1S/C9H10Cl2N2O/c1-6-3-2-4-13(9(6)12)5-7(14)8(10)11/h2-4,8,12H,5H2,1H3/p+1. The number of hydrogen-bond acceptors (Lipinski definition) is 2. The third-order valence-corrected chi connectivity index (χ3v) is 2.38. The lowest BCUT2D eigenvalue weighted by Gasteiger charge is -2.04. The summed E-state index contributed by atoms with van der Waals surface area (Å²) in [5, 5.41) is 0. The second-order valence-electron chi connectivity index (χ2n) is 2.97. The molecule has 0 fully saturated rings. The van der Waals surface area contributed by atoms with E-state index in [1.807, 2.05) is 19.1 Å². The van der Waals surface area contributed by atoms with Gasteiger partial charge in [0.05, 0.1) is 6.20 Å². The van der Waals surface area contributed by atoms with Gasteiger partial charge in [-0.3, -0.25) is 10.5 Å². The Bertz CT molecular complexity index is 353. The number of rotatable bonds is 3. The van der Waals surface area contributed by atoms with Crippen molar-refractivity contribution in [3.63, 3.8) is 0 Å². The van der Waals surface area contributed by atoms with Crippen molar-refractivity contribution in [1.29, 1.82) is 0 Å². The molecule has 1 aromatic heterocycles. The monoisotopic (exact) mass is 233 g/mol. The Morgan fingerprint density at radius 1 is 1.64 bits per heavy atom. The fraction of sp³-hybridized carbons (Fsp3) is 0.333. The van der Waals surface area contributed by atoms with Crippen molar-refractivity contribution >= 4 is 34.8 Å². The quantitative estimate of drug-likeness (QED) is 0.631. The molecule has 0 atom stereocenters. The van der Waals surface area contributed by atoms with E-state index in [-0.39, 0.29) is 12.3 Å². The predicted octanol–water partition coefficient (Wildman–Crippen LogP) is 1.24. The molecule has 0 bridgehead atoms. The first-order valence-corrected chi connectivity index (χ1v) is 4.95. The summed E-state index contributed by atoms with van der Waals surface area (Å²) >= 11 is 10.9. The number of Topliss-reactive ketones (excluding diaryl/α,β-unsaturated/α-hetero) is 1. The van der Waals surface area contributed by atoms with Crippen LogP contribution in [0, 0.1) is 6.92 Å². The van der Waals surface area contributed by atoms with Crippen LogP contribution in [0.25, 0.3) is 0 Å². The topological polar surface area (TPSA) is 47.0 Å². The van der Waals surface area contributed by atoms with Gasteiger partial charge < -0.3 is 0 Å². The molecule has 5 heteroatoms. The zero-order chi connectivity index (χ0) is 10.7. The molecule has 76 valence electrons. The number of hydrogen-bond donors (Lipinski definition) is 1. The molecular weight excluding hydrogens is 223 g/mol. The molecule has 0 radical (unpaired) electrons. The molecule has 2 N–H and O–H groups in total. The highest BCUT2D eigenvalue weighted by Gasteiger charge is 2.17. The minimum absolute atomic E-state index is 0.102. The molecule has 1 aromatic rings. The van der Waals surface area contributed by atoms with Crippen molar-refractivity contribution in [2.24, 2.45) is 0 Å². The number of ketones is 1. The smallest absolute Gasteiger partial charge is 0.275 e. The van der Waals surface area contributed by atoms with Gasteiger partial charge in [0, 0.05) is 5.56 Å². The highest BCUT2D eigenvalue weighted by atomic mass is 35.5. The number of nitrogen functional groups attached to an aromatic ring is 1. The van der Waals surface area contributed by atoms with Crippen LogP contribution >= 0.6 is 23.2 Å². The van der Waals surface area contributed by atoms with Gasteiger partial charge in [0.1, 0.15) is 0 Å². The van der Waals surface area contributed by atoms with Crippen LogP contribution in [0.3, 0.4) is 0 Å². The molecule has 0 spiro atoms. The SMILES string of the molecule is Cc1ccc[n+](CC(=O)C(Cl)Cl)c1N. The number of nitrogens with two attached hydrogens (primary N) is 1. The average molecular weight is 234 g/mol. The summed E-state index contributed by atoms with van der Waals surface area (Å²) in [7, 11) is 0. The molecule has 0 aliphatic carbocycles. The summed E-state index contributed by atoms with van der Waals surface area (Å²) < 4.78 is 1.62. The molecule has 0 saturated carbocycles. The van der Waals surface area contributed by atoms with Crippen LogP contribution in [-0.4, -0.2) is 10.6 Å². The zero-order valence-electron chi connectivity index (χ0n) is 7.71. The third kappa shape index (κ3) is 2.59. The second kappa shape index (κ2) is 4.62. The van der Waals surface area contributed by atoms with Gasteiger partial charge in [-0.25, -0.2) is 4.57 Å². The number of carbonyl (C=O) groups excluding carboxylic acids is 1. The van der Waals surface area contributed by atoms with E-state index in [1.165, 1.54) is 0 Å². The maximum absolute atomic E-state index is 11.2. The fourth-order valence-corrected chi connectivity index (χ4v) is 1.20. The van der Waals surface area contributed by atoms with Gasteiger partial charge in [0.15, 0.2) is 11.4 Å². The van der Waals surface area contributed by atoms with E-state index in [0.717, 1.165) is 5.56 Å². The number of aromatic nitrogens is 1. The number of aryl methyl sites for hydroxylation is 1. The molecule has 0 saturated heterocycles. The molecule has 3 nitrogen and oxygen atoms in total. The molecule has 14 heavy (non-hydrogen) atoms. The summed E-state index contributed by atoms with van der Waals surface area (Å²) in [6.07, 6.45) is 1.72. The summed E-state index contributed by atoms with van der Waals surface area (Å²) in [4.78, 5) is 10.2. The van der Waals surface area contributed by atoms with Crippen molar-refractivity contribution in [3.05, 3.63) is 23.9 Å². The summed E-state index contributed by atoms with van der Waals surface area (Å²) in [5.74, 6) is 0.283. The zero-order valence-corrected chi connectivity index (χ0v) is 9.22. The summed E-state index contributed by atoms with van der Waals surface area (Å²) in [5.41, 5.74) is 6.67. The Balaban J connectivity index is 2.87. The Hall–Kier alpha value is -0.800. The van der Waals surface area contributed by atoms with Gasteiger partial charge in [0.25, 0.3) is 5.82 Å². The van der Waals surface area contributed by atoms with E-state index >= 15 is 0 Å². The van der Waals surface area contributed by atoms with Crippen LogP contribution in [0.15, 0.2) is 18.3 Å². The maximum atomic E-state index is 11.2. The van der Waals surface area contributed by atoms with Crippen molar-refractivity contribution < 1.29 is 9.36 Å². The van der Waals surface area contributed by atoms with Gasteiger partial charge in [-0.05, 0) is 19.1 Å². The van der Waals surface area contributed by atoms with Gasteiger partial charge >= 0.3 is 0 Å². The van der Waals surface area contributed by atoms with Crippen LogP contribution < -0.4 is 10.3 Å². The van der Waals surface area contributed by atoms with E-state index in [1.54, 1.807) is 10.8 Å². The van der Waals surface area contributed by atoms with E-state index in [2.05, 4.69) is 0 Å². The minimum atomic E-state index is -0.998. The van der Waals surface area contributed by atoms with E-state index in [9.17, 15) is 4.79 Å². The van der Waals surface area contributed by atoms with Crippen molar-refractivity contribution in [1.82, 2.24) is 0 Å². The van der Waals surface area contributed by atoms with Crippen LogP contribution in [0.4, 0.5) is 5.82 Å². The van der Waals surface area contributed by atoms with Crippen molar-refractivity contribution in [2.75, 3.05) is 5.73 Å². The highest BCUT2D eigenvalue weighted by molar-refractivity contribution is 6.53. The fourth-order valence-electron chi connectivity index (χ4n) is 1.06. The highest BCUT2D eigenvalue weighted by Crippen LogP contribution is 2.05. The van der Waals surface area contributed by atoms with Crippen molar-refractivity contribution in [2.45, 2.75) is 18.3 Å². The minimum Gasteiger partial charge on any atom is -0.292 e. The van der Waals surface area contributed by atoms with E-state index < -0.39 is 4.84 Å². The number of pyridine rings is 1. The van der Waals surface area contributed by atoms with Crippen LogP contribution in [0.5, 0.6) is 0 Å². The Labute approximate surface area is 92.4 Å². The normalized spacial score (nSPS) is 10.6. The molecule has 0 amide bonds. The largest absolute Gasteiger partial charge is 0.292 e. The summed E-state index contributed by atoms with van der Waals surface area (Å²) in [6, 6.07) is 3.69. The molecule has 0 aromatic carbocycles. The Morgan fingerprint density at radius 2 is 2.29 bits per heavy atom. The lowest BCUT2D eigenvalue weighted by atomic mass is 10.3. The Kier molecular flexibility index (Phi) is 3.72. The van der Waals surface area contributed by atoms with E-state index in [0.29, 0.717) is 5.82 Å².